The van der Waals surface area contributed by atoms with Gasteiger partial charge in [-0.1, -0.05) is 51.7 Å². The molecule has 0 amide bonds. The van der Waals surface area contributed by atoms with E-state index in [1.165, 1.54) is 31.7 Å². The number of halogens is 1. The first-order valence-corrected chi connectivity index (χ1v) is 6.71. The molecule has 17 heavy (non-hydrogen) atoms. The summed E-state index contributed by atoms with van der Waals surface area (Å²) in [5.41, 5.74) is 1.68. The highest BCUT2D eigenvalue weighted by atomic mass is 19.1. The molecule has 1 aliphatic carbocycles. The number of hydrogen-bond donors (Lipinski definition) is 0. The monoisotopic (exact) mass is 236 g/mol. The molecule has 2 rings (SSSR count). The van der Waals surface area contributed by atoms with Crippen LogP contribution in [-0.2, 0) is 0 Å². The molecule has 0 nitrogen and oxygen atoms in total. The molecule has 1 aliphatic rings. The normalized spacial score (nSPS) is 23.8. The molecule has 1 aromatic rings. The van der Waals surface area contributed by atoms with Crippen molar-refractivity contribution in [3.05, 3.63) is 35.1 Å². The Kier molecular flexibility index (Phi) is 5.67. The van der Waals surface area contributed by atoms with Crippen LogP contribution in [0.2, 0.25) is 0 Å². The molecule has 1 fully saturated rings. The van der Waals surface area contributed by atoms with E-state index >= 15 is 0 Å². The molecule has 0 N–H and O–H groups in total. The van der Waals surface area contributed by atoms with E-state index in [9.17, 15) is 4.39 Å². The zero-order valence-corrected chi connectivity index (χ0v) is 11.6. The molecule has 0 atom stereocenters. The van der Waals surface area contributed by atoms with Crippen molar-refractivity contribution in [2.75, 3.05) is 0 Å². The maximum Gasteiger partial charge on any atom is 0.126 e. The largest absolute Gasteiger partial charge is 0.207 e. The summed E-state index contributed by atoms with van der Waals surface area (Å²) in [7, 11) is 0. The topological polar surface area (TPSA) is 0 Å². The summed E-state index contributed by atoms with van der Waals surface area (Å²) in [4.78, 5) is 0. The minimum absolute atomic E-state index is 0.116. The van der Waals surface area contributed by atoms with Crippen molar-refractivity contribution in [2.45, 2.75) is 53.4 Å². The van der Waals surface area contributed by atoms with Crippen LogP contribution in [0.4, 0.5) is 4.39 Å². The highest BCUT2D eigenvalue weighted by Gasteiger charge is 2.13. The van der Waals surface area contributed by atoms with Crippen molar-refractivity contribution >= 4 is 0 Å². The molecule has 0 aliphatic heterocycles. The lowest BCUT2D eigenvalue weighted by Gasteiger charge is -2.22. The van der Waals surface area contributed by atoms with Gasteiger partial charge in [0.05, 0.1) is 0 Å². The van der Waals surface area contributed by atoms with Gasteiger partial charge in [0.15, 0.2) is 0 Å². The Hall–Kier alpha value is -0.850. The Morgan fingerprint density at radius 2 is 1.41 bits per heavy atom. The minimum Gasteiger partial charge on any atom is -0.207 e. The van der Waals surface area contributed by atoms with Crippen molar-refractivity contribution in [2.24, 2.45) is 11.8 Å². The number of aryl methyl sites for hydroxylation is 2. The lowest BCUT2D eigenvalue weighted by molar-refractivity contribution is 0.308. The summed E-state index contributed by atoms with van der Waals surface area (Å²) in [6.07, 6.45) is 5.89. The van der Waals surface area contributed by atoms with Gasteiger partial charge in [0, 0.05) is 0 Å². The van der Waals surface area contributed by atoms with E-state index in [0.29, 0.717) is 5.56 Å². The van der Waals surface area contributed by atoms with Gasteiger partial charge in [0.2, 0.25) is 0 Å². The van der Waals surface area contributed by atoms with E-state index in [1.54, 1.807) is 13.0 Å². The van der Waals surface area contributed by atoms with Crippen LogP contribution in [0.1, 0.15) is 50.7 Å². The predicted molar refractivity (Wildman–Crippen MR) is 72.7 cm³/mol. The van der Waals surface area contributed by atoms with Crippen molar-refractivity contribution in [1.29, 1.82) is 0 Å². The molecule has 0 spiro atoms. The van der Waals surface area contributed by atoms with Crippen molar-refractivity contribution < 1.29 is 4.39 Å². The summed E-state index contributed by atoms with van der Waals surface area (Å²) in [6.45, 7) is 8.37. The van der Waals surface area contributed by atoms with Crippen LogP contribution in [0.25, 0.3) is 0 Å². The fourth-order valence-corrected chi connectivity index (χ4v) is 2.12. The smallest absolute Gasteiger partial charge is 0.126 e. The summed E-state index contributed by atoms with van der Waals surface area (Å²) in [5, 5.41) is 0. The molecule has 0 bridgehead atoms. The first-order valence-electron chi connectivity index (χ1n) is 6.71. The van der Waals surface area contributed by atoms with Gasteiger partial charge in [-0.05, 0) is 42.9 Å². The van der Waals surface area contributed by atoms with Crippen LogP contribution < -0.4 is 0 Å². The summed E-state index contributed by atoms with van der Waals surface area (Å²) < 4.78 is 12.6. The van der Waals surface area contributed by atoms with Gasteiger partial charge < -0.3 is 0 Å². The highest BCUT2D eigenvalue weighted by molar-refractivity contribution is 5.21. The standard InChI is InChI=1S/C8H9F.C8H16/c1-6-3-4-7(2)8(9)5-6;1-7-3-5-8(2)6-4-7/h3-5H,1-2H3;7-8H,3-6H2,1-2H3. The van der Waals surface area contributed by atoms with Gasteiger partial charge in [0.1, 0.15) is 5.82 Å². The molecular formula is C16H25F. The first-order chi connectivity index (χ1) is 7.99. The molecule has 0 heterocycles. The van der Waals surface area contributed by atoms with Gasteiger partial charge in [-0.3, -0.25) is 0 Å². The van der Waals surface area contributed by atoms with Crippen LogP contribution in [0.15, 0.2) is 18.2 Å². The van der Waals surface area contributed by atoms with Crippen molar-refractivity contribution in [1.82, 2.24) is 0 Å². The average molecular weight is 236 g/mol. The second-order valence-electron chi connectivity index (χ2n) is 5.62. The van der Waals surface area contributed by atoms with Crippen LogP contribution in [0.3, 0.4) is 0 Å². The minimum atomic E-state index is -0.116. The fraction of sp³-hybridized carbons (Fsp3) is 0.625. The number of rotatable bonds is 0. The Morgan fingerprint density at radius 3 is 1.76 bits per heavy atom. The van der Waals surface area contributed by atoms with Crippen LogP contribution in [0.5, 0.6) is 0 Å². The van der Waals surface area contributed by atoms with Gasteiger partial charge in [-0.2, -0.15) is 0 Å². The number of hydrogen-bond acceptors (Lipinski definition) is 0. The third kappa shape index (κ3) is 5.34. The molecule has 96 valence electrons. The molecule has 0 unspecified atom stereocenters. The van der Waals surface area contributed by atoms with E-state index in [-0.39, 0.29) is 5.82 Å². The van der Waals surface area contributed by atoms with Gasteiger partial charge in [-0.15, -0.1) is 0 Å². The van der Waals surface area contributed by atoms with E-state index in [2.05, 4.69) is 13.8 Å². The Morgan fingerprint density at radius 1 is 0.941 bits per heavy atom. The molecular weight excluding hydrogens is 211 g/mol. The predicted octanol–water partition coefficient (Wildman–Crippen LogP) is 5.28. The van der Waals surface area contributed by atoms with E-state index in [0.717, 1.165) is 17.4 Å². The van der Waals surface area contributed by atoms with Crippen molar-refractivity contribution in [3.63, 3.8) is 0 Å². The van der Waals surface area contributed by atoms with E-state index in [1.807, 2.05) is 13.0 Å². The van der Waals surface area contributed by atoms with Crippen molar-refractivity contribution in [3.8, 4) is 0 Å². The SMILES string of the molecule is CC1CCC(C)CC1.Cc1ccc(C)c(F)c1. The fourth-order valence-electron chi connectivity index (χ4n) is 2.12. The lowest BCUT2D eigenvalue weighted by atomic mass is 9.84. The Balaban J connectivity index is 0.000000171. The molecule has 1 heteroatoms. The van der Waals surface area contributed by atoms with Gasteiger partial charge in [0.25, 0.3) is 0 Å². The summed E-state index contributed by atoms with van der Waals surface area (Å²) >= 11 is 0. The van der Waals surface area contributed by atoms with E-state index < -0.39 is 0 Å². The third-order valence-corrected chi connectivity index (χ3v) is 3.63. The van der Waals surface area contributed by atoms with Gasteiger partial charge >= 0.3 is 0 Å². The van der Waals surface area contributed by atoms with Gasteiger partial charge in [-0.25, -0.2) is 4.39 Å². The molecule has 1 aromatic carbocycles. The Labute approximate surface area is 105 Å². The third-order valence-electron chi connectivity index (χ3n) is 3.63. The maximum atomic E-state index is 12.6. The maximum absolute atomic E-state index is 12.6. The Bertz CT molecular complexity index is 325. The molecule has 0 radical (unpaired) electrons. The zero-order chi connectivity index (χ0) is 12.8. The quantitative estimate of drug-likeness (QED) is 0.575. The van der Waals surface area contributed by atoms with Crippen LogP contribution >= 0.6 is 0 Å². The summed E-state index contributed by atoms with van der Waals surface area (Å²) in [5.74, 6) is 1.92. The second-order valence-corrected chi connectivity index (χ2v) is 5.62. The molecule has 0 aromatic heterocycles. The number of benzene rings is 1. The lowest BCUT2D eigenvalue weighted by Crippen LogP contribution is -2.08. The highest BCUT2D eigenvalue weighted by Crippen LogP contribution is 2.27. The summed E-state index contributed by atoms with van der Waals surface area (Å²) in [6, 6.07) is 5.22. The zero-order valence-electron chi connectivity index (χ0n) is 11.6. The molecule has 1 saturated carbocycles. The molecule has 0 saturated heterocycles. The average Bonchev–Trinajstić information content (AvgIpc) is 2.29. The van der Waals surface area contributed by atoms with E-state index in [4.69, 9.17) is 0 Å². The first kappa shape index (κ1) is 14.2. The van der Waals surface area contributed by atoms with Crippen LogP contribution in [-0.4, -0.2) is 0 Å². The second kappa shape index (κ2) is 6.78. The van der Waals surface area contributed by atoms with Crippen LogP contribution in [0, 0.1) is 31.5 Å².